The maximum absolute atomic E-state index is 13.8. The summed E-state index contributed by atoms with van der Waals surface area (Å²) >= 11 is 0. The van der Waals surface area contributed by atoms with Crippen molar-refractivity contribution in [1.29, 1.82) is 0 Å². The molecule has 3 heteroatoms. The molecule has 240 valence electrons. The summed E-state index contributed by atoms with van der Waals surface area (Å²) in [6.07, 6.45) is 26.5. The van der Waals surface area contributed by atoms with Gasteiger partial charge in [-0.1, -0.05) is 120 Å². The molecule has 3 nitrogen and oxygen atoms in total. The van der Waals surface area contributed by atoms with Crippen LogP contribution in [0.5, 0.6) is 0 Å². The van der Waals surface area contributed by atoms with Crippen molar-refractivity contribution >= 4 is 22.9 Å². The van der Waals surface area contributed by atoms with E-state index in [2.05, 4.69) is 83.2 Å². The van der Waals surface area contributed by atoms with Crippen molar-refractivity contribution in [3.05, 3.63) is 76.4 Å². The van der Waals surface area contributed by atoms with Crippen molar-refractivity contribution < 1.29 is 14.4 Å². The van der Waals surface area contributed by atoms with Crippen LogP contribution in [0, 0.1) is 30.6 Å². The molecule has 0 saturated carbocycles. The summed E-state index contributed by atoms with van der Waals surface area (Å²) in [5, 5.41) is 0. The van der Waals surface area contributed by atoms with E-state index in [1.54, 1.807) is 0 Å². The van der Waals surface area contributed by atoms with E-state index >= 15 is 0 Å². The van der Waals surface area contributed by atoms with Gasteiger partial charge in [-0.25, -0.2) is 0 Å². The van der Waals surface area contributed by atoms with Gasteiger partial charge in [-0.05, 0) is 92.4 Å². The molecule has 0 heterocycles. The predicted molar refractivity (Wildman–Crippen MR) is 186 cm³/mol. The predicted octanol–water partition coefficient (Wildman–Crippen LogP) is 10.9. The molecular formula is C41H58O3. The normalized spacial score (nSPS) is 18.4. The van der Waals surface area contributed by atoms with Crippen LogP contribution in [0.3, 0.4) is 0 Å². The third-order valence-electron chi connectivity index (χ3n) is 9.82. The minimum Gasteiger partial charge on any atom is -0.300 e. The standard InChI is InChI=1S/C41H58O3/c1-7-15-31(16-8-2)25-32-18-13-11-12-14-19-34(22-21-32)37-23-20-29(5)41-38(37)27-33(28-40(41)44)26-35(17-9-3)36(10-4)39(43)24-30(6)42/h11-14,20-23,31,33,35-36H,7-10,15-19,24-28H2,1-6H3. The lowest BCUT2D eigenvalue weighted by Crippen LogP contribution is -2.30. The van der Waals surface area contributed by atoms with Gasteiger partial charge in [0.15, 0.2) is 5.78 Å². The Hall–Kier alpha value is -2.81. The first-order valence-corrected chi connectivity index (χ1v) is 17.6. The van der Waals surface area contributed by atoms with Crippen LogP contribution >= 0.6 is 0 Å². The first-order valence-electron chi connectivity index (χ1n) is 17.6. The fourth-order valence-electron chi connectivity index (χ4n) is 7.85. The fraction of sp³-hybridized carbons (Fsp3) is 0.585. The first-order chi connectivity index (χ1) is 21.2. The number of hydrogen-bond acceptors (Lipinski definition) is 3. The van der Waals surface area contributed by atoms with Crippen molar-refractivity contribution in [2.45, 2.75) is 131 Å². The Bertz CT molecular complexity index is 1250. The molecule has 44 heavy (non-hydrogen) atoms. The SMILES string of the molecule is CCCC(CCC)CC1=CC=C(c2ccc(C)c3c2CC(CC(CCC)C(CC)C(=O)CC(C)=O)CC3=O)CC=CC=CC1. The molecule has 2 aliphatic rings. The average molecular weight is 599 g/mol. The van der Waals surface area contributed by atoms with Crippen molar-refractivity contribution in [1.82, 2.24) is 0 Å². The highest BCUT2D eigenvalue weighted by atomic mass is 16.1. The molecule has 3 rings (SSSR count). The molecule has 0 N–H and O–H groups in total. The largest absolute Gasteiger partial charge is 0.300 e. The Morgan fingerprint density at radius 2 is 1.57 bits per heavy atom. The minimum absolute atomic E-state index is 0.0263. The lowest BCUT2D eigenvalue weighted by atomic mass is 9.71. The number of Topliss-reactive ketones (excluding diaryl/α,β-unsaturated/α-hetero) is 3. The molecule has 0 saturated heterocycles. The summed E-state index contributed by atoms with van der Waals surface area (Å²) in [6.45, 7) is 12.4. The van der Waals surface area contributed by atoms with Crippen LogP contribution in [0.1, 0.15) is 145 Å². The summed E-state index contributed by atoms with van der Waals surface area (Å²) in [7, 11) is 0. The second kappa shape index (κ2) is 18.2. The zero-order chi connectivity index (χ0) is 32.1. The van der Waals surface area contributed by atoms with Gasteiger partial charge in [-0.2, -0.15) is 0 Å². The summed E-state index contributed by atoms with van der Waals surface area (Å²) < 4.78 is 0. The van der Waals surface area contributed by atoms with Gasteiger partial charge >= 0.3 is 0 Å². The van der Waals surface area contributed by atoms with Crippen molar-refractivity contribution in [2.75, 3.05) is 0 Å². The molecule has 1 aromatic rings. The van der Waals surface area contributed by atoms with E-state index in [-0.39, 0.29) is 41.5 Å². The lowest BCUT2D eigenvalue weighted by molar-refractivity contribution is -0.129. The number of allylic oxidation sites excluding steroid dienone is 8. The summed E-state index contributed by atoms with van der Waals surface area (Å²) in [4.78, 5) is 38.6. The lowest BCUT2D eigenvalue weighted by Gasteiger charge is -2.33. The molecule has 0 radical (unpaired) electrons. The maximum atomic E-state index is 13.8. The van der Waals surface area contributed by atoms with Crippen molar-refractivity contribution in [2.24, 2.45) is 23.7 Å². The van der Waals surface area contributed by atoms with Crippen LogP contribution in [0.2, 0.25) is 0 Å². The molecule has 0 aliphatic heterocycles. The average Bonchev–Trinajstić information content (AvgIpc) is 2.97. The van der Waals surface area contributed by atoms with E-state index < -0.39 is 0 Å². The molecule has 0 fully saturated rings. The highest BCUT2D eigenvalue weighted by Crippen LogP contribution is 2.40. The summed E-state index contributed by atoms with van der Waals surface area (Å²) in [5.74, 6) is 1.29. The van der Waals surface area contributed by atoms with Gasteiger partial charge in [0.05, 0.1) is 6.42 Å². The highest BCUT2D eigenvalue weighted by molar-refractivity contribution is 6.01. The zero-order valence-corrected chi connectivity index (χ0v) is 28.6. The highest BCUT2D eigenvalue weighted by Gasteiger charge is 2.34. The first kappa shape index (κ1) is 35.7. The van der Waals surface area contributed by atoms with Gasteiger partial charge in [-0.15, -0.1) is 0 Å². The van der Waals surface area contributed by atoms with Gasteiger partial charge in [0.25, 0.3) is 0 Å². The maximum Gasteiger partial charge on any atom is 0.163 e. The number of rotatable bonds is 16. The van der Waals surface area contributed by atoms with E-state index in [1.165, 1.54) is 54.9 Å². The van der Waals surface area contributed by atoms with Crippen molar-refractivity contribution in [3.8, 4) is 0 Å². The van der Waals surface area contributed by atoms with Gasteiger partial charge in [0.2, 0.25) is 0 Å². The molecule has 3 atom stereocenters. The Balaban J connectivity index is 1.97. The third kappa shape index (κ3) is 10.1. The number of benzene rings is 1. The minimum atomic E-state index is -0.112. The van der Waals surface area contributed by atoms with Crippen LogP contribution < -0.4 is 0 Å². The Morgan fingerprint density at radius 3 is 2.20 bits per heavy atom. The molecule has 0 bridgehead atoms. The molecular weight excluding hydrogens is 540 g/mol. The van der Waals surface area contributed by atoms with E-state index in [9.17, 15) is 14.4 Å². The van der Waals surface area contributed by atoms with E-state index in [1.807, 2.05) is 0 Å². The number of aryl methyl sites for hydroxylation is 1. The number of carbonyl (C=O) groups excluding carboxylic acids is 3. The summed E-state index contributed by atoms with van der Waals surface area (Å²) in [5.41, 5.74) is 7.15. The molecule has 0 spiro atoms. The Morgan fingerprint density at radius 1 is 0.886 bits per heavy atom. The van der Waals surface area contributed by atoms with Gasteiger partial charge < -0.3 is 0 Å². The van der Waals surface area contributed by atoms with Crippen LogP contribution in [-0.2, 0) is 16.0 Å². The topological polar surface area (TPSA) is 51.2 Å². The Kier molecular flexibility index (Phi) is 14.8. The number of hydrogen-bond donors (Lipinski definition) is 0. The van der Waals surface area contributed by atoms with Crippen LogP contribution in [0.15, 0.2) is 54.2 Å². The number of ketones is 3. The van der Waals surface area contributed by atoms with Crippen LogP contribution in [-0.4, -0.2) is 17.3 Å². The fourth-order valence-corrected chi connectivity index (χ4v) is 7.85. The smallest absolute Gasteiger partial charge is 0.163 e. The number of carbonyl (C=O) groups is 3. The van der Waals surface area contributed by atoms with Crippen LogP contribution in [0.25, 0.3) is 5.57 Å². The van der Waals surface area contributed by atoms with E-state index in [4.69, 9.17) is 0 Å². The van der Waals surface area contributed by atoms with Gasteiger partial charge in [0, 0.05) is 17.9 Å². The number of fused-ring (bicyclic) bond motifs is 1. The summed E-state index contributed by atoms with van der Waals surface area (Å²) in [6, 6.07) is 4.37. The van der Waals surface area contributed by atoms with Gasteiger partial charge in [0.1, 0.15) is 11.6 Å². The second-order valence-corrected chi connectivity index (χ2v) is 13.6. The molecule has 0 amide bonds. The van der Waals surface area contributed by atoms with E-state index in [0.717, 1.165) is 68.4 Å². The Labute approximate surface area is 268 Å². The molecule has 2 aliphatic carbocycles. The second-order valence-electron chi connectivity index (χ2n) is 13.6. The van der Waals surface area contributed by atoms with Gasteiger partial charge in [-0.3, -0.25) is 14.4 Å². The quantitative estimate of drug-likeness (QED) is 0.178. The molecule has 3 unspecified atom stereocenters. The van der Waals surface area contributed by atoms with E-state index in [0.29, 0.717) is 6.42 Å². The zero-order valence-electron chi connectivity index (χ0n) is 28.6. The molecule has 0 aromatic heterocycles. The molecule has 1 aromatic carbocycles. The van der Waals surface area contributed by atoms with Crippen LogP contribution in [0.4, 0.5) is 0 Å². The monoisotopic (exact) mass is 598 g/mol. The van der Waals surface area contributed by atoms with Crippen molar-refractivity contribution in [3.63, 3.8) is 0 Å². The third-order valence-corrected chi connectivity index (χ3v) is 9.82.